The predicted molar refractivity (Wildman–Crippen MR) is 66.2 cm³/mol. The largest absolute Gasteiger partial charge is 0.481 e. The summed E-state index contributed by atoms with van der Waals surface area (Å²) in [5.41, 5.74) is 1.84. The standard InChI is InChI=1S/C12H19N3O3/c1-9-7-10(2)15(14-9)8-11(16)13-6-4-3-5-12(17)18/h7H,3-6,8H2,1-2H3,(H,13,16)(H,17,18). The molecule has 0 aromatic carbocycles. The molecule has 6 nitrogen and oxygen atoms in total. The molecule has 2 N–H and O–H groups in total. The maximum absolute atomic E-state index is 11.6. The van der Waals surface area contributed by atoms with E-state index < -0.39 is 5.97 Å². The first-order chi connectivity index (χ1) is 8.49. The van der Waals surface area contributed by atoms with Gasteiger partial charge in [0.1, 0.15) is 6.54 Å². The van der Waals surface area contributed by atoms with E-state index >= 15 is 0 Å². The number of hydrogen-bond acceptors (Lipinski definition) is 3. The fourth-order valence-corrected chi connectivity index (χ4v) is 1.66. The Balaban J connectivity index is 2.22. The van der Waals surface area contributed by atoms with Gasteiger partial charge in [0.25, 0.3) is 0 Å². The minimum Gasteiger partial charge on any atom is -0.481 e. The van der Waals surface area contributed by atoms with Crippen molar-refractivity contribution in [3.63, 3.8) is 0 Å². The van der Waals surface area contributed by atoms with E-state index in [0.29, 0.717) is 19.4 Å². The molecule has 6 heteroatoms. The monoisotopic (exact) mass is 253 g/mol. The second-order valence-corrected chi connectivity index (χ2v) is 4.29. The molecule has 0 aliphatic carbocycles. The summed E-state index contributed by atoms with van der Waals surface area (Å²) in [5.74, 6) is -0.902. The van der Waals surface area contributed by atoms with E-state index in [1.807, 2.05) is 19.9 Å². The zero-order valence-electron chi connectivity index (χ0n) is 10.8. The van der Waals surface area contributed by atoms with Crippen LogP contribution < -0.4 is 5.32 Å². The van der Waals surface area contributed by atoms with Crippen molar-refractivity contribution in [3.8, 4) is 0 Å². The second-order valence-electron chi connectivity index (χ2n) is 4.29. The lowest BCUT2D eigenvalue weighted by Gasteiger charge is -2.06. The fraction of sp³-hybridized carbons (Fsp3) is 0.583. The lowest BCUT2D eigenvalue weighted by molar-refractivity contribution is -0.137. The van der Waals surface area contributed by atoms with Crippen LogP contribution in [0.4, 0.5) is 0 Å². The first-order valence-corrected chi connectivity index (χ1v) is 5.98. The number of amides is 1. The molecule has 0 aliphatic rings. The molecule has 1 rings (SSSR count). The number of carbonyl (C=O) groups excluding carboxylic acids is 1. The molecule has 0 saturated carbocycles. The Labute approximate surface area is 106 Å². The average Bonchev–Trinajstić information content (AvgIpc) is 2.56. The number of rotatable bonds is 7. The third-order valence-corrected chi connectivity index (χ3v) is 2.54. The van der Waals surface area contributed by atoms with Gasteiger partial charge in [0.15, 0.2) is 0 Å². The minimum atomic E-state index is -0.802. The number of carbonyl (C=O) groups is 2. The van der Waals surface area contributed by atoms with Gasteiger partial charge in [0, 0.05) is 18.7 Å². The van der Waals surface area contributed by atoms with Gasteiger partial charge in [-0.15, -0.1) is 0 Å². The Bertz CT molecular complexity index is 426. The molecule has 1 heterocycles. The van der Waals surface area contributed by atoms with Gasteiger partial charge in [-0.3, -0.25) is 14.3 Å². The summed E-state index contributed by atoms with van der Waals surface area (Å²) in [6, 6.07) is 1.92. The maximum Gasteiger partial charge on any atom is 0.303 e. The number of nitrogens with one attached hydrogen (secondary N) is 1. The highest BCUT2D eigenvalue weighted by atomic mass is 16.4. The molecular weight excluding hydrogens is 234 g/mol. The lowest BCUT2D eigenvalue weighted by Crippen LogP contribution is -2.29. The van der Waals surface area contributed by atoms with Crippen LogP contribution in [0, 0.1) is 13.8 Å². The van der Waals surface area contributed by atoms with Crippen molar-refractivity contribution in [1.82, 2.24) is 15.1 Å². The van der Waals surface area contributed by atoms with Crippen LogP contribution in [-0.2, 0) is 16.1 Å². The quantitative estimate of drug-likeness (QED) is 0.706. The Kier molecular flexibility index (Phi) is 5.35. The minimum absolute atomic E-state index is 0.100. The first-order valence-electron chi connectivity index (χ1n) is 5.98. The van der Waals surface area contributed by atoms with Gasteiger partial charge in [0.2, 0.25) is 5.91 Å². The fourth-order valence-electron chi connectivity index (χ4n) is 1.66. The number of nitrogens with zero attached hydrogens (tertiary/aromatic N) is 2. The summed E-state index contributed by atoms with van der Waals surface area (Å²) >= 11 is 0. The van der Waals surface area contributed by atoms with Gasteiger partial charge in [0.05, 0.1) is 5.69 Å². The predicted octanol–water partition coefficient (Wildman–Crippen LogP) is 0.871. The lowest BCUT2D eigenvalue weighted by atomic mass is 10.2. The van der Waals surface area contributed by atoms with Crippen LogP contribution in [0.15, 0.2) is 6.07 Å². The molecule has 0 atom stereocenters. The van der Waals surface area contributed by atoms with Crippen molar-refractivity contribution in [2.45, 2.75) is 39.7 Å². The van der Waals surface area contributed by atoms with Crippen LogP contribution in [0.2, 0.25) is 0 Å². The third kappa shape index (κ3) is 4.99. The number of carboxylic acids is 1. The normalized spacial score (nSPS) is 10.3. The summed E-state index contributed by atoms with van der Waals surface area (Å²) in [6.45, 7) is 4.50. The van der Waals surface area contributed by atoms with E-state index in [0.717, 1.165) is 11.4 Å². The Morgan fingerprint density at radius 1 is 1.39 bits per heavy atom. The average molecular weight is 253 g/mol. The number of aryl methyl sites for hydroxylation is 2. The zero-order valence-corrected chi connectivity index (χ0v) is 10.8. The van der Waals surface area contributed by atoms with Crippen LogP contribution in [0.3, 0.4) is 0 Å². The van der Waals surface area contributed by atoms with Gasteiger partial charge >= 0.3 is 5.97 Å². The van der Waals surface area contributed by atoms with Crippen LogP contribution >= 0.6 is 0 Å². The molecule has 0 fully saturated rings. The molecule has 0 saturated heterocycles. The van der Waals surface area contributed by atoms with Crippen LogP contribution in [0.25, 0.3) is 0 Å². The van der Waals surface area contributed by atoms with Gasteiger partial charge in [-0.1, -0.05) is 0 Å². The summed E-state index contributed by atoms with van der Waals surface area (Å²) in [5, 5.41) is 15.4. The van der Waals surface area contributed by atoms with E-state index in [1.54, 1.807) is 4.68 Å². The summed E-state index contributed by atoms with van der Waals surface area (Å²) < 4.78 is 1.65. The Hall–Kier alpha value is -1.85. The molecular formula is C12H19N3O3. The Morgan fingerprint density at radius 2 is 2.11 bits per heavy atom. The topological polar surface area (TPSA) is 84.2 Å². The molecule has 0 bridgehead atoms. The first kappa shape index (κ1) is 14.2. The molecule has 0 radical (unpaired) electrons. The Morgan fingerprint density at radius 3 is 2.67 bits per heavy atom. The molecule has 1 amide bonds. The van der Waals surface area contributed by atoms with E-state index in [-0.39, 0.29) is 18.9 Å². The number of carboxylic acid groups (broad SMARTS) is 1. The molecule has 0 spiro atoms. The summed E-state index contributed by atoms with van der Waals surface area (Å²) in [7, 11) is 0. The van der Waals surface area contributed by atoms with Crippen LogP contribution in [-0.4, -0.2) is 33.3 Å². The number of hydrogen-bond donors (Lipinski definition) is 2. The molecule has 0 unspecified atom stereocenters. The number of aliphatic carboxylic acids is 1. The van der Waals surface area contributed by atoms with Crippen molar-refractivity contribution in [2.75, 3.05) is 6.54 Å². The molecule has 18 heavy (non-hydrogen) atoms. The summed E-state index contributed by atoms with van der Waals surface area (Å²) in [6.07, 6.45) is 1.40. The van der Waals surface area contributed by atoms with E-state index in [9.17, 15) is 9.59 Å². The molecule has 0 aliphatic heterocycles. The second kappa shape index (κ2) is 6.78. The third-order valence-electron chi connectivity index (χ3n) is 2.54. The van der Waals surface area contributed by atoms with Crippen molar-refractivity contribution in [3.05, 3.63) is 17.5 Å². The zero-order chi connectivity index (χ0) is 13.5. The van der Waals surface area contributed by atoms with Crippen LogP contribution in [0.5, 0.6) is 0 Å². The van der Waals surface area contributed by atoms with Gasteiger partial charge in [-0.05, 0) is 32.8 Å². The van der Waals surface area contributed by atoms with E-state index in [1.165, 1.54) is 0 Å². The number of aromatic nitrogens is 2. The maximum atomic E-state index is 11.6. The number of unbranched alkanes of at least 4 members (excludes halogenated alkanes) is 1. The highest BCUT2D eigenvalue weighted by Gasteiger charge is 2.06. The molecule has 100 valence electrons. The van der Waals surface area contributed by atoms with Gasteiger partial charge in [-0.25, -0.2) is 0 Å². The summed E-state index contributed by atoms with van der Waals surface area (Å²) in [4.78, 5) is 21.9. The van der Waals surface area contributed by atoms with Crippen LogP contribution in [0.1, 0.15) is 30.7 Å². The van der Waals surface area contributed by atoms with Crippen molar-refractivity contribution >= 4 is 11.9 Å². The smallest absolute Gasteiger partial charge is 0.303 e. The van der Waals surface area contributed by atoms with E-state index in [2.05, 4.69) is 10.4 Å². The SMILES string of the molecule is Cc1cc(C)n(CC(=O)NCCCCC(=O)O)n1. The molecule has 1 aromatic heterocycles. The highest BCUT2D eigenvalue weighted by Crippen LogP contribution is 2.01. The van der Waals surface area contributed by atoms with Crippen molar-refractivity contribution < 1.29 is 14.7 Å². The molecule has 1 aromatic rings. The van der Waals surface area contributed by atoms with Gasteiger partial charge in [-0.2, -0.15) is 5.10 Å². The van der Waals surface area contributed by atoms with Crippen molar-refractivity contribution in [2.24, 2.45) is 0 Å². The van der Waals surface area contributed by atoms with Crippen molar-refractivity contribution in [1.29, 1.82) is 0 Å². The highest BCUT2D eigenvalue weighted by molar-refractivity contribution is 5.75. The van der Waals surface area contributed by atoms with E-state index in [4.69, 9.17) is 5.11 Å². The van der Waals surface area contributed by atoms with Gasteiger partial charge < -0.3 is 10.4 Å².